The summed E-state index contributed by atoms with van der Waals surface area (Å²) in [6.07, 6.45) is -4.94. The van der Waals surface area contributed by atoms with Crippen molar-refractivity contribution in [3.05, 3.63) is 54.1 Å². The number of amides is 1. The van der Waals surface area contributed by atoms with E-state index in [1.807, 2.05) is 0 Å². The second kappa shape index (κ2) is 8.60. The first-order valence-electron chi connectivity index (χ1n) is 8.22. The second-order valence-corrected chi connectivity index (χ2v) is 7.82. The van der Waals surface area contributed by atoms with Crippen molar-refractivity contribution in [3.63, 3.8) is 0 Å². The Morgan fingerprint density at radius 2 is 1.83 bits per heavy atom. The summed E-state index contributed by atoms with van der Waals surface area (Å²) in [6.45, 7) is 0.811. The van der Waals surface area contributed by atoms with Gasteiger partial charge in [-0.25, -0.2) is 8.42 Å². The molecule has 1 unspecified atom stereocenters. The first-order chi connectivity index (χ1) is 13.9. The molecular formula is C18H16F3N3O5S. The van der Waals surface area contributed by atoms with Gasteiger partial charge in [0.25, 0.3) is 0 Å². The number of rotatable bonds is 7. The molecule has 2 aromatic rings. The van der Waals surface area contributed by atoms with Crippen LogP contribution in [0.1, 0.15) is 12.5 Å². The van der Waals surface area contributed by atoms with Crippen molar-refractivity contribution in [2.75, 3.05) is 6.54 Å². The van der Waals surface area contributed by atoms with Gasteiger partial charge in [-0.15, -0.1) is 13.2 Å². The fraction of sp³-hybridized carbons (Fsp3) is 0.222. The fourth-order valence-electron chi connectivity index (χ4n) is 2.50. The lowest BCUT2D eigenvalue weighted by molar-refractivity contribution is -0.274. The highest BCUT2D eigenvalue weighted by molar-refractivity contribution is 7.89. The van der Waals surface area contributed by atoms with Crippen molar-refractivity contribution in [1.82, 2.24) is 10.0 Å². The average molecular weight is 443 g/mol. The van der Waals surface area contributed by atoms with Crippen molar-refractivity contribution < 1.29 is 36.2 Å². The number of ether oxygens (including phenoxy) is 1. The summed E-state index contributed by atoms with van der Waals surface area (Å²) in [5.74, 6) is -1.74. The number of sulfonamides is 1. The predicted octanol–water partition coefficient (Wildman–Crippen LogP) is 2.12. The minimum atomic E-state index is -4.94. The van der Waals surface area contributed by atoms with Crippen LogP contribution in [0.15, 0.2) is 53.4 Å². The number of nitrogens with zero attached hydrogens (tertiary/aromatic N) is 1. The van der Waals surface area contributed by atoms with Crippen molar-refractivity contribution in [1.29, 1.82) is 5.26 Å². The summed E-state index contributed by atoms with van der Waals surface area (Å²) in [6, 6.07) is 10.3. The molecule has 0 radical (unpaired) electrons. The molecule has 0 saturated heterocycles. The largest absolute Gasteiger partial charge is 0.573 e. The van der Waals surface area contributed by atoms with Crippen LogP contribution in [0.4, 0.5) is 13.2 Å². The lowest BCUT2D eigenvalue weighted by atomic mass is 9.92. The monoisotopic (exact) mass is 443 g/mol. The highest BCUT2D eigenvalue weighted by Crippen LogP contribution is 2.28. The maximum Gasteiger partial charge on any atom is 0.573 e. The Kier molecular flexibility index (Phi) is 6.59. The number of phenolic OH excluding ortho intramolecular Hbond substituents is 1. The molecule has 8 nitrogen and oxygen atoms in total. The number of benzene rings is 2. The van der Waals surface area contributed by atoms with E-state index in [1.165, 1.54) is 25.1 Å². The van der Waals surface area contributed by atoms with Crippen molar-refractivity contribution in [2.24, 2.45) is 0 Å². The van der Waals surface area contributed by atoms with E-state index in [1.54, 1.807) is 6.07 Å². The van der Waals surface area contributed by atoms with E-state index in [0.717, 1.165) is 30.3 Å². The molecule has 0 saturated carbocycles. The van der Waals surface area contributed by atoms with Gasteiger partial charge in [0.15, 0.2) is 0 Å². The topological polar surface area (TPSA) is 129 Å². The fourth-order valence-corrected chi connectivity index (χ4v) is 3.86. The van der Waals surface area contributed by atoms with E-state index in [9.17, 15) is 31.5 Å². The van der Waals surface area contributed by atoms with Crippen molar-refractivity contribution in [2.45, 2.75) is 23.7 Å². The summed E-state index contributed by atoms with van der Waals surface area (Å²) >= 11 is 0. The van der Waals surface area contributed by atoms with Crippen LogP contribution in [0.25, 0.3) is 0 Å². The summed E-state index contributed by atoms with van der Waals surface area (Å²) in [5.41, 5.74) is -1.88. The molecule has 2 rings (SSSR count). The van der Waals surface area contributed by atoms with Crippen LogP contribution in [0.2, 0.25) is 0 Å². The van der Waals surface area contributed by atoms with Gasteiger partial charge < -0.3 is 15.2 Å². The highest BCUT2D eigenvalue weighted by Gasteiger charge is 2.40. The molecule has 0 aliphatic carbocycles. The normalized spacial score (nSPS) is 13.7. The Bertz CT molecular complexity index is 1070. The van der Waals surface area contributed by atoms with Crippen LogP contribution in [0.5, 0.6) is 11.5 Å². The molecule has 160 valence electrons. The van der Waals surface area contributed by atoms with E-state index in [-0.39, 0.29) is 11.3 Å². The van der Waals surface area contributed by atoms with E-state index in [0.29, 0.717) is 0 Å². The Balaban J connectivity index is 2.41. The van der Waals surface area contributed by atoms with E-state index in [4.69, 9.17) is 5.26 Å². The van der Waals surface area contributed by atoms with Gasteiger partial charge in [-0.2, -0.15) is 9.98 Å². The number of carbonyl (C=O) groups is 1. The van der Waals surface area contributed by atoms with Crippen LogP contribution in [0.3, 0.4) is 0 Å². The van der Waals surface area contributed by atoms with Gasteiger partial charge in [0.05, 0.1) is 11.0 Å². The van der Waals surface area contributed by atoms with Crippen LogP contribution >= 0.6 is 0 Å². The summed E-state index contributed by atoms with van der Waals surface area (Å²) in [7, 11) is -4.42. The predicted molar refractivity (Wildman–Crippen MR) is 97.5 cm³/mol. The average Bonchev–Trinajstić information content (AvgIpc) is 2.64. The third-order valence-electron chi connectivity index (χ3n) is 3.91. The Labute approximate surface area is 169 Å². The summed E-state index contributed by atoms with van der Waals surface area (Å²) in [4.78, 5) is 12.2. The van der Waals surface area contributed by atoms with E-state index >= 15 is 0 Å². The number of carbonyl (C=O) groups excluding carboxylic acids is 1. The maximum absolute atomic E-state index is 12.8. The van der Waals surface area contributed by atoms with Gasteiger partial charge in [-0.05, 0) is 48.9 Å². The summed E-state index contributed by atoms with van der Waals surface area (Å²) < 4.78 is 68.3. The quantitative estimate of drug-likeness (QED) is 0.563. The minimum Gasteiger partial charge on any atom is -0.508 e. The molecule has 0 aromatic heterocycles. The Morgan fingerprint density at radius 3 is 2.37 bits per heavy atom. The van der Waals surface area contributed by atoms with Gasteiger partial charge in [0.1, 0.15) is 23.6 Å². The molecule has 0 aliphatic heterocycles. The molecule has 1 amide bonds. The van der Waals surface area contributed by atoms with Gasteiger partial charge in [-0.1, -0.05) is 12.1 Å². The number of halogens is 3. The molecule has 0 heterocycles. The summed E-state index contributed by atoms with van der Waals surface area (Å²) in [5, 5.41) is 20.6. The molecular weight excluding hydrogens is 427 g/mol. The molecule has 30 heavy (non-hydrogen) atoms. The van der Waals surface area contributed by atoms with Gasteiger partial charge in [0, 0.05) is 0 Å². The SMILES string of the molecule is CC(NS(=O)(=O)c1ccc(OC(F)(F)F)cc1)(C(=O)NCC#N)c1cccc(O)c1. The number of hydrogen-bond acceptors (Lipinski definition) is 6. The first-order valence-corrected chi connectivity index (χ1v) is 9.70. The molecule has 2 aromatic carbocycles. The minimum absolute atomic E-state index is 0.0681. The van der Waals surface area contributed by atoms with Gasteiger partial charge in [-0.3, -0.25) is 4.79 Å². The zero-order chi connectivity index (χ0) is 22.6. The first kappa shape index (κ1) is 23.0. The number of nitriles is 1. The number of phenols is 1. The van der Waals surface area contributed by atoms with Gasteiger partial charge >= 0.3 is 6.36 Å². The maximum atomic E-state index is 12.8. The number of hydrogen-bond donors (Lipinski definition) is 3. The number of aromatic hydroxyl groups is 1. The molecule has 12 heteroatoms. The van der Waals surface area contributed by atoms with E-state index < -0.39 is 45.0 Å². The van der Waals surface area contributed by atoms with Crippen molar-refractivity contribution in [3.8, 4) is 17.6 Å². The zero-order valence-electron chi connectivity index (χ0n) is 15.4. The number of alkyl halides is 3. The third-order valence-corrected chi connectivity index (χ3v) is 5.48. The Hall–Kier alpha value is -3.30. The molecule has 0 spiro atoms. The Morgan fingerprint density at radius 1 is 1.20 bits per heavy atom. The molecule has 1 atom stereocenters. The molecule has 3 N–H and O–H groups in total. The van der Waals surface area contributed by atoms with Crippen LogP contribution in [-0.4, -0.2) is 32.3 Å². The van der Waals surface area contributed by atoms with Crippen LogP contribution < -0.4 is 14.8 Å². The molecule has 0 bridgehead atoms. The lowest BCUT2D eigenvalue weighted by Gasteiger charge is -2.29. The third kappa shape index (κ3) is 5.62. The smallest absolute Gasteiger partial charge is 0.508 e. The lowest BCUT2D eigenvalue weighted by Crippen LogP contribution is -2.54. The number of nitrogens with one attached hydrogen (secondary N) is 2. The molecule has 0 aliphatic rings. The zero-order valence-corrected chi connectivity index (χ0v) is 16.2. The van der Waals surface area contributed by atoms with Crippen LogP contribution in [0, 0.1) is 11.3 Å². The molecule has 0 fully saturated rings. The van der Waals surface area contributed by atoms with Crippen LogP contribution in [-0.2, 0) is 20.4 Å². The highest BCUT2D eigenvalue weighted by atomic mass is 32.2. The van der Waals surface area contributed by atoms with Crippen molar-refractivity contribution >= 4 is 15.9 Å². The van der Waals surface area contributed by atoms with E-state index in [2.05, 4.69) is 14.8 Å². The standard InChI is InChI=1S/C18H16F3N3O5S/c1-17(16(26)23-10-9-22,12-3-2-4-13(25)11-12)24-30(27,28)15-7-5-14(6-8-15)29-18(19,20)21/h2-8,11,24-25H,10H2,1H3,(H,23,26). The second-order valence-electron chi connectivity index (χ2n) is 6.14. The van der Waals surface area contributed by atoms with Gasteiger partial charge in [0.2, 0.25) is 15.9 Å².